The van der Waals surface area contributed by atoms with Crippen molar-refractivity contribution in [1.82, 2.24) is 24.6 Å². The second-order valence-electron chi connectivity index (χ2n) is 16.2. The Morgan fingerprint density at radius 2 is 1.83 bits per heavy atom. The molecule has 2 aromatic carbocycles. The molecule has 0 spiro atoms. The molecule has 310 valence electrons. The van der Waals surface area contributed by atoms with Crippen LogP contribution in [-0.2, 0) is 14.8 Å². The van der Waals surface area contributed by atoms with Crippen LogP contribution in [0, 0.1) is 5.41 Å². The number of ether oxygens (including phenoxy) is 3. The fourth-order valence-electron chi connectivity index (χ4n) is 8.04. The largest absolute Gasteiger partial charge is 0.477 e. The maximum atomic E-state index is 13.8. The first-order valence-corrected chi connectivity index (χ1v) is 22.3. The van der Waals surface area contributed by atoms with E-state index in [2.05, 4.69) is 55.5 Å². The molecular formula is C44H48Cl2N6O6S. The van der Waals surface area contributed by atoms with Gasteiger partial charge in [0.25, 0.3) is 15.9 Å². The number of carbonyl (C=O) groups is 1. The summed E-state index contributed by atoms with van der Waals surface area (Å²) in [5.74, 6) is -0.196. The van der Waals surface area contributed by atoms with Crippen LogP contribution in [-0.4, -0.2) is 86.2 Å². The Morgan fingerprint density at radius 1 is 1.02 bits per heavy atom. The number of benzene rings is 2. The number of amides is 1. The molecule has 3 aromatic heterocycles. The van der Waals surface area contributed by atoms with Gasteiger partial charge >= 0.3 is 0 Å². The van der Waals surface area contributed by atoms with E-state index in [9.17, 15) is 13.2 Å². The number of sulfonamides is 1. The summed E-state index contributed by atoms with van der Waals surface area (Å²) < 4.78 is 46.9. The maximum Gasteiger partial charge on any atom is 0.268 e. The van der Waals surface area contributed by atoms with Gasteiger partial charge in [0.05, 0.1) is 30.7 Å². The van der Waals surface area contributed by atoms with E-state index in [1.165, 1.54) is 22.8 Å². The van der Waals surface area contributed by atoms with E-state index in [0.717, 1.165) is 93.7 Å². The van der Waals surface area contributed by atoms with Crippen LogP contribution in [0.1, 0.15) is 68.3 Å². The van der Waals surface area contributed by atoms with Crippen molar-refractivity contribution in [3.8, 4) is 17.4 Å². The Labute approximate surface area is 354 Å². The number of nitrogens with one attached hydrogen (secondary N) is 2. The van der Waals surface area contributed by atoms with Gasteiger partial charge in [0.15, 0.2) is 0 Å². The molecule has 1 atom stereocenters. The average Bonchev–Trinajstić information content (AvgIpc) is 3.92. The SMILES string of the molecule is CC1(C)CCC(CN2CCN(c3ccc(C(=O)NS(=O)(=O)c4cnc(OCCC5CCCO5)c(Cl)c4)c(Oc4cnc5[nH]ccc5c4)c3)CC2)=C(c2ccc(Cl)cc2)C1. The quantitative estimate of drug-likeness (QED) is 0.118. The van der Waals surface area contributed by atoms with Crippen molar-refractivity contribution < 1.29 is 27.4 Å². The van der Waals surface area contributed by atoms with Crippen molar-refractivity contribution in [2.24, 2.45) is 5.41 Å². The van der Waals surface area contributed by atoms with Crippen molar-refractivity contribution in [1.29, 1.82) is 0 Å². The van der Waals surface area contributed by atoms with Crippen molar-refractivity contribution >= 4 is 61.4 Å². The first-order valence-electron chi connectivity index (χ1n) is 20.1. The molecule has 5 aromatic rings. The first kappa shape index (κ1) is 41.1. The Morgan fingerprint density at radius 3 is 2.59 bits per heavy atom. The Hall–Kier alpha value is -4.66. The van der Waals surface area contributed by atoms with E-state index >= 15 is 0 Å². The Balaban J connectivity index is 0.980. The number of H-pyrrole nitrogens is 1. The summed E-state index contributed by atoms with van der Waals surface area (Å²) >= 11 is 12.6. The number of carbonyl (C=O) groups excluding carboxylic acids is 1. The zero-order chi connectivity index (χ0) is 41.1. The lowest BCUT2D eigenvalue weighted by molar-refractivity contribution is 0.0896. The average molecular weight is 860 g/mol. The van der Waals surface area contributed by atoms with E-state index in [4.69, 9.17) is 37.4 Å². The zero-order valence-corrected chi connectivity index (χ0v) is 35.5. The molecule has 1 unspecified atom stereocenters. The summed E-state index contributed by atoms with van der Waals surface area (Å²) in [6.07, 6.45) is 10.5. The highest BCUT2D eigenvalue weighted by atomic mass is 35.5. The van der Waals surface area contributed by atoms with E-state index in [1.807, 2.05) is 24.3 Å². The lowest BCUT2D eigenvalue weighted by atomic mass is 9.72. The number of piperazine rings is 1. The number of hydrogen-bond acceptors (Lipinski definition) is 10. The minimum Gasteiger partial charge on any atom is -0.477 e. The van der Waals surface area contributed by atoms with E-state index < -0.39 is 15.9 Å². The molecule has 0 bridgehead atoms. The molecule has 5 heterocycles. The van der Waals surface area contributed by atoms with Gasteiger partial charge in [0.2, 0.25) is 5.88 Å². The summed E-state index contributed by atoms with van der Waals surface area (Å²) in [5, 5.41) is 1.57. The summed E-state index contributed by atoms with van der Waals surface area (Å²) in [7, 11) is -4.39. The van der Waals surface area contributed by atoms with Crippen molar-refractivity contribution in [2.75, 3.05) is 50.8 Å². The second kappa shape index (κ2) is 17.5. The van der Waals surface area contributed by atoms with Gasteiger partial charge in [-0.05, 0) is 91.1 Å². The fraction of sp³-hybridized carbons (Fsp3) is 0.386. The Kier molecular flexibility index (Phi) is 12.2. The van der Waals surface area contributed by atoms with Crippen LogP contribution in [0.15, 0.2) is 89.7 Å². The molecule has 59 heavy (non-hydrogen) atoms. The van der Waals surface area contributed by atoms with Gasteiger partial charge in [0, 0.05) is 74.1 Å². The lowest BCUT2D eigenvalue weighted by Crippen LogP contribution is -2.47. The number of rotatable bonds is 13. The van der Waals surface area contributed by atoms with Crippen LogP contribution in [0.25, 0.3) is 16.6 Å². The number of allylic oxidation sites excluding steroid dienone is 1. The highest BCUT2D eigenvalue weighted by Crippen LogP contribution is 2.43. The molecule has 2 saturated heterocycles. The fourth-order valence-corrected chi connectivity index (χ4v) is 9.38. The van der Waals surface area contributed by atoms with Crippen LogP contribution in [0.4, 0.5) is 5.69 Å². The lowest BCUT2D eigenvalue weighted by Gasteiger charge is -2.39. The molecule has 0 radical (unpaired) electrons. The summed E-state index contributed by atoms with van der Waals surface area (Å²) in [6.45, 7) is 9.87. The van der Waals surface area contributed by atoms with Gasteiger partial charge in [-0.2, -0.15) is 0 Å². The predicted molar refractivity (Wildman–Crippen MR) is 230 cm³/mol. The first-order chi connectivity index (χ1) is 28.4. The molecule has 8 rings (SSSR count). The van der Waals surface area contributed by atoms with Gasteiger partial charge in [0.1, 0.15) is 27.1 Å². The molecule has 3 aliphatic rings. The topological polar surface area (TPSA) is 139 Å². The van der Waals surface area contributed by atoms with Gasteiger partial charge in [-0.15, -0.1) is 0 Å². The number of aromatic nitrogens is 3. The number of pyridine rings is 2. The highest BCUT2D eigenvalue weighted by molar-refractivity contribution is 7.90. The minimum absolute atomic E-state index is 0.00944. The van der Waals surface area contributed by atoms with Crippen molar-refractivity contribution in [3.05, 3.63) is 106 Å². The summed E-state index contributed by atoms with van der Waals surface area (Å²) in [6, 6.07) is 18.3. The normalized spacial score (nSPS) is 18.6. The number of anilines is 1. The molecule has 15 heteroatoms. The Bertz CT molecular complexity index is 2460. The van der Waals surface area contributed by atoms with Crippen LogP contribution in [0.2, 0.25) is 10.0 Å². The van der Waals surface area contributed by atoms with Gasteiger partial charge < -0.3 is 24.1 Å². The summed E-state index contributed by atoms with van der Waals surface area (Å²) in [5.41, 5.74) is 5.96. The van der Waals surface area contributed by atoms with Gasteiger partial charge in [-0.3, -0.25) is 9.69 Å². The number of fused-ring (bicyclic) bond motifs is 1. The molecule has 1 amide bonds. The number of halogens is 2. The number of nitrogens with zero attached hydrogens (tertiary/aromatic N) is 4. The molecule has 1 aliphatic carbocycles. The third kappa shape index (κ3) is 9.87. The van der Waals surface area contributed by atoms with Crippen LogP contribution < -0.4 is 19.1 Å². The standard InChI is InChI=1S/C44H48Cl2N6O6S/c1-44(2)14-11-31(38(25-44)29-5-7-32(45)8-6-29)28-51-16-18-52(19-17-51)33-9-10-37(40(23-33)58-35-22-30-12-15-47-41(30)48-26-35)42(53)50-59(54,55)36-24-39(46)43(49-27-36)57-21-13-34-4-3-20-56-34/h5-10,12,15,22-24,26-27,34H,3-4,11,13-14,16-21,25,28H2,1-2H3,(H,47,48)(H,50,53). The van der Waals surface area contributed by atoms with Crippen molar-refractivity contribution in [3.63, 3.8) is 0 Å². The monoisotopic (exact) mass is 858 g/mol. The van der Waals surface area contributed by atoms with Gasteiger partial charge in [-0.1, -0.05) is 54.8 Å². The van der Waals surface area contributed by atoms with Crippen LogP contribution in [0.5, 0.6) is 17.4 Å². The van der Waals surface area contributed by atoms with E-state index in [-0.39, 0.29) is 38.6 Å². The number of aromatic amines is 1. The molecule has 2 aliphatic heterocycles. The molecule has 2 fully saturated rings. The second-order valence-corrected chi connectivity index (χ2v) is 18.8. The third-order valence-electron chi connectivity index (χ3n) is 11.4. The summed E-state index contributed by atoms with van der Waals surface area (Å²) in [4.78, 5) is 29.9. The van der Waals surface area contributed by atoms with Crippen molar-refractivity contribution in [2.45, 2.75) is 63.4 Å². The van der Waals surface area contributed by atoms with E-state index in [0.29, 0.717) is 24.4 Å². The number of hydrogen-bond donors (Lipinski definition) is 2. The zero-order valence-electron chi connectivity index (χ0n) is 33.2. The molecular weight excluding hydrogens is 811 g/mol. The van der Waals surface area contributed by atoms with Gasteiger partial charge in [-0.25, -0.2) is 23.1 Å². The maximum absolute atomic E-state index is 13.8. The van der Waals surface area contributed by atoms with Crippen LogP contribution in [0.3, 0.4) is 0 Å². The van der Waals surface area contributed by atoms with E-state index in [1.54, 1.807) is 30.6 Å². The molecule has 2 N–H and O–H groups in total. The third-order valence-corrected chi connectivity index (χ3v) is 13.2. The minimum atomic E-state index is -4.39. The predicted octanol–water partition coefficient (Wildman–Crippen LogP) is 8.91. The highest BCUT2D eigenvalue weighted by Gasteiger charge is 2.30. The molecule has 12 nitrogen and oxygen atoms in total. The molecule has 0 saturated carbocycles. The smallest absolute Gasteiger partial charge is 0.268 e. The van der Waals surface area contributed by atoms with Crippen LogP contribution >= 0.6 is 23.2 Å².